The minimum absolute atomic E-state index is 0.00926. The zero-order valence-corrected chi connectivity index (χ0v) is 5.30. The van der Waals surface area contributed by atoms with Gasteiger partial charge >= 0.3 is 6.92 Å². The highest BCUT2D eigenvalue weighted by Gasteiger charge is 2.54. The average molecular weight is 131 g/mol. The van der Waals surface area contributed by atoms with Crippen LogP contribution in [0, 0.1) is 0 Å². The van der Waals surface area contributed by atoms with Crippen LogP contribution in [0.3, 0.4) is 0 Å². The third-order valence-corrected chi connectivity index (χ3v) is 1.90. The van der Waals surface area contributed by atoms with Crippen LogP contribution in [0.5, 0.6) is 0 Å². The quantitative estimate of drug-likeness (QED) is 0.412. The topological polar surface area (TPSA) is 29.5 Å². The van der Waals surface area contributed by atoms with Gasteiger partial charge in [-0.25, -0.2) is 0 Å². The molecule has 2 unspecified atom stereocenters. The van der Waals surface area contributed by atoms with Gasteiger partial charge in [0, 0.05) is 12.4 Å². The molecule has 1 aliphatic heterocycles. The van der Waals surface area contributed by atoms with Crippen molar-refractivity contribution in [3.8, 4) is 0 Å². The zero-order valence-electron chi connectivity index (χ0n) is 4.54. The van der Waals surface area contributed by atoms with Gasteiger partial charge in [-0.15, -0.1) is 11.6 Å². The molecule has 0 aromatic heterocycles. The van der Waals surface area contributed by atoms with Gasteiger partial charge in [-0.1, -0.05) is 0 Å². The number of hydrogen-bond donors (Lipinski definition) is 1. The minimum Gasteiger partial charge on any atom is -0.455 e. The molecule has 8 heavy (non-hydrogen) atoms. The van der Waals surface area contributed by atoms with Gasteiger partial charge in [0.05, 0.1) is 0 Å². The molecular formula is C3H6B2ClO2. The normalized spacial score (nSPS) is 35.1. The zero-order chi connectivity index (χ0) is 6.15. The second kappa shape index (κ2) is 2.29. The molecule has 0 spiro atoms. The molecule has 1 rings (SSSR count). The van der Waals surface area contributed by atoms with Crippen LogP contribution in [0.15, 0.2) is 0 Å². The maximum absolute atomic E-state index is 8.39. The predicted octanol–water partition coefficient (Wildman–Crippen LogP) is -0.276. The van der Waals surface area contributed by atoms with Gasteiger partial charge in [0.2, 0.25) is 0 Å². The van der Waals surface area contributed by atoms with Gasteiger partial charge in [-0.2, -0.15) is 0 Å². The number of hydrogen-bond acceptors (Lipinski definition) is 2. The molecule has 1 radical (unpaired) electrons. The van der Waals surface area contributed by atoms with Gasteiger partial charge < -0.3 is 9.68 Å². The summed E-state index contributed by atoms with van der Waals surface area (Å²) in [5, 5.41) is 8.38. The molecule has 2 atom stereocenters. The van der Waals surface area contributed by atoms with E-state index in [4.69, 9.17) is 21.3 Å². The Labute approximate surface area is 54.6 Å². The van der Waals surface area contributed by atoms with Gasteiger partial charge in [0.1, 0.15) is 0 Å². The molecule has 0 aromatic rings. The van der Waals surface area contributed by atoms with Crippen LogP contribution in [0.1, 0.15) is 0 Å². The average Bonchev–Trinajstić information content (AvgIpc) is 2.40. The third kappa shape index (κ3) is 0.879. The van der Waals surface area contributed by atoms with Gasteiger partial charge in [0.15, 0.2) is 0 Å². The van der Waals surface area contributed by atoms with Crippen LogP contribution in [0.4, 0.5) is 0 Å². The lowest BCUT2D eigenvalue weighted by Crippen LogP contribution is -1.99. The molecule has 0 saturated carbocycles. The van der Waals surface area contributed by atoms with E-state index >= 15 is 0 Å². The fourth-order valence-corrected chi connectivity index (χ4v) is 1.12. The molecule has 43 valence electrons. The van der Waals surface area contributed by atoms with Crippen LogP contribution in [0.2, 0.25) is 5.72 Å². The molecule has 0 aliphatic carbocycles. The van der Waals surface area contributed by atoms with E-state index in [-0.39, 0.29) is 17.9 Å². The summed E-state index contributed by atoms with van der Waals surface area (Å²) in [4.78, 5) is 0. The Hall–Kier alpha value is 0.340. The predicted molar refractivity (Wildman–Crippen MR) is 34.1 cm³/mol. The standard InChI is InChI=1S/C3H6B2ClO2/c1-8-5-2(4-7)3(5)6/h2-3,7H,1H3. The first-order valence-electron chi connectivity index (χ1n) is 2.45. The second-order valence-corrected chi connectivity index (χ2v) is 2.38. The monoisotopic (exact) mass is 131 g/mol. The Morgan fingerprint density at radius 2 is 2.50 bits per heavy atom. The van der Waals surface area contributed by atoms with Gasteiger partial charge in [0.25, 0.3) is 7.48 Å². The molecule has 0 bridgehead atoms. The molecule has 0 aromatic carbocycles. The first-order valence-corrected chi connectivity index (χ1v) is 2.89. The lowest BCUT2D eigenvalue weighted by molar-refractivity contribution is 0.438. The van der Waals surface area contributed by atoms with Crippen molar-refractivity contribution >= 4 is 26.0 Å². The lowest BCUT2D eigenvalue weighted by Gasteiger charge is -1.82. The van der Waals surface area contributed by atoms with E-state index in [1.165, 1.54) is 0 Å². The molecule has 5 heteroatoms. The van der Waals surface area contributed by atoms with Crippen molar-refractivity contribution in [2.24, 2.45) is 0 Å². The number of alkyl halides is 1. The summed E-state index contributed by atoms with van der Waals surface area (Å²) < 4.78 is 4.85. The molecule has 1 fully saturated rings. The van der Waals surface area contributed by atoms with E-state index in [0.29, 0.717) is 0 Å². The largest absolute Gasteiger partial charge is 0.455 e. The van der Waals surface area contributed by atoms with Crippen molar-refractivity contribution in [3.63, 3.8) is 0 Å². The first kappa shape index (κ1) is 6.46. The number of rotatable bonds is 2. The maximum Gasteiger partial charge on any atom is 0.308 e. The molecule has 1 aliphatic rings. The number of halogens is 1. The SMILES string of the molecule is COB1C(Cl)C1[B]O. The van der Waals surface area contributed by atoms with Crippen LogP contribution in [0.25, 0.3) is 0 Å². The molecule has 1 heterocycles. The summed E-state index contributed by atoms with van der Waals surface area (Å²) in [6.45, 7) is 0.0432. The van der Waals surface area contributed by atoms with E-state index < -0.39 is 0 Å². The Balaban J connectivity index is 2.23. The highest BCUT2D eigenvalue weighted by atomic mass is 35.5. The summed E-state index contributed by atoms with van der Waals surface area (Å²) in [7, 11) is 2.68. The fraction of sp³-hybridized carbons (Fsp3) is 1.00. The molecule has 2 nitrogen and oxygen atoms in total. The summed E-state index contributed by atoms with van der Waals surface area (Å²) in [5.41, 5.74) is 0.0571. The maximum atomic E-state index is 8.39. The highest BCUT2D eigenvalue weighted by Crippen LogP contribution is 2.39. The van der Waals surface area contributed by atoms with Crippen molar-refractivity contribution < 1.29 is 9.68 Å². The molecule has 1 saturated heterocycles. The summed E-state index contributed by atoms with van der Waals surface area (Å²) in [6, 6.07) is 0. The minimum atomic E-state index is -0.00926. The Morgan fingerprint density at radius 3 is 2.62 bits per heavy atom. The molecular weight excluding hydrogens is 125 g/mol. The highest BCUT2D eigenvalue weighted by molar-refractivity contribution is 6.87. The summed E-state index contributed by atoms with van der Waals surface area (Å²) >= 11 is 5.60. The van der Waals surface area contributed by atoms with E-state index in [9.17, 15) is 0 Å². The van der Waals surface area contributed by atoms with E-state index in [1.807, 2.05) is 0 Å². The molecule has 0 amide bonds. The Kier molecular flexibility index (Phi) is 1.85. The van der Waals surface area contributed by atoms with Crippen molar-refractivity contribution in [1.82, 2.24) is 0 Å². The van der Waals surface area contributed by atoms with Crippen molar-refractivity contribution in [2.45, 2.75) is 11.0 Å². The Morgan fingerprint density at radius 1 is 1.88 bits per heavy atom. The third-order valence-electron chi connectivity index (χ3n) is 1.36. The first-order chi connectivity index (χ1) is 3.81. The van der Waals surface area contributed by atoms with Crippen LogP contribution in [-0.4, -0.2) is 31.8 Å². The van der Waals surface area contributed by atoms with Gasteiger partial charge in [-0.3, -0.25) is 0 Å². The van der Waals surface area contributed by atoms with E-state index in [1.54, 1.807) is 7.11 Å². The smallest absolute Gasteiger partial charge is 0.308 e. The summed E-state index contributed by atoms with van der Waals surface area (Å²) in [6.07, 6.45) is 0. The fourth-order valence-electron chi connectivity index (χ4n) is 0.723. The molecule has 1 N–H and O–H groups in total. The van der Waals surface area contributed by atoms with Crippen LogP contribution >= 0.6 is 11.6 Å². The van der Waals surface area contributed by atoms with Crippen molar-refractivity contribution in [3.05, 3.63) is 0 Å². The second-order valence-electron chi connectivity index (χ2n) is 1.87. The Bertz CT molecular complexity index is 81.4. The van der Waals surface area contributed by atoms with Crippen molar-refractivity contribution in [2.75, 3.05) is 7.11 Å². The van der Waals surface area contributed by atoms with E-state index in [0.717, 1.165) is 7.48 Å². The van der Waals surface area contributed by atoms with Crippen LogP contribution < -0.4 is 0 Å². The van der Waals surface area contributed by atoms with E-state index in [2.05, 4.69) is 0 Å². The van der Waals surface area contributed by atoms with Crippen molar-refractivity contribution in [1.29, 1.82) is 0 Å². The van der Waals surface area contributed by atoms with Crippen LogP contribution in [-0.2, 0) is 4.65 Å². The van der Waals surface area contributed by atoms with Gasteiger partial charge in [-0.05, 0) is 5.72 Å². The summed E-state index contributed by atoms with van der Waals surface area (Å²) in [5.74, 6) is 0. The lowest BCUT2D eigenvalue weighted by atomic mass is 9.75.